The van der Waals surface area contributed by atoms with Crippen LogP contribution in [0.15, 0.2) is 49.1 Å². The molecule has 0 N–H and O–H groups in total. The summed E-state index contributed by atoms with van der Waals surface area (Å²) in [7, 11) is 0. The van der Waals surface area contributed by atoms with Crippen LogP contribution in [-0.4, -0.2) is 15.5 Å². The summed E-state index contributed by atoms with van der Waals surface area (Å²) in [6.07, 6.45) is 5.51. The minimum absolute atomic E-state index is 0.185. The SMILES string of the molecule is CC1(C)C(=O)Oc2ccc3ccc(Cn4ccnc4)cc3c21. The molecule has 0 aliphatic carbocycles. The molecule has 4 rings (SSSR count). The summed E-state index contributed by atoms with van der Waals surface area (Å²) in [4.78, 5) is 16.2. The van der Waals surface area contributed by atoms with E-state index in [1.807, 2.05) is 36.7 Å². The molecule has 1 aliphatic heterocycles. The average molecular weight is 292 g/mol. The molecule has 4 nitrogen and oxygen atoms in total. The molecule has 2 aromatic carbocycles. The Morgan fingerprint density at radius 2 is 2.05 bits per heavy atom. The van der Waals surface area contributed by atoms with E-state index in [2.05, 4.69) is 23.2 Å². The first kappa shape index (κ1) is 13.1. The van der Waals surface area contributed by atoms with Gasteiger partial charge in [0.2, 0.25) is 0 Å². The summed E-state index contributed by atoms with van der Waals surface area (Å²) in [5.74, 6) is 0.497. The van der Waals surface area contributed by atoms with E-state index in [-0.39, 0.29) is 5.97 Å². The van der Waals surface area contributed by atoms with Crippen molar-refractivity contribution in [3.8, 4) is 5.75 Å². The average Bonchev–Trinajstić information content (AvgIpc) is 3.06. The van der Waals surface area contributed by atoms with Gasteiger partial charge in [0.15, 0.2) is 0 Å². The Bertz CT molecular complexity index is 879. The van der Waals surface area contributed by atoms with Gasteiger partial charge in [-0.1, -0.05) is 18.2 Å². The second-order valence-electron chi connectivity index (χ2n) is 6.24. The maximum absolute atomic E-state index is 12.1. The van der Waals surface area contributed by atoms with E-state index in [0.717, 1.165) is 22.9 Å². The Morgan fingerprint density at radius 3 is 2.82 bits per heavy atom. The van der Waals surface area contributed by atoms with Crippen molar-refractivity contribution in [3.05, 3.63) is 60.2 Å². The molecule has 22 heavy (non-hydrogen) atoms. The van der Waals surface area contributed by atoms with Gasteiger partial charge in [-0.3, -0.25) is 4.79 Å². The topological polar surface area (TPSA) is 44.1 Å². The fraction of sp³-hybridized carbons (Fsp3) is 0.222. The van der Waals surface area contributed by atoms with Crippen LogP contribution in [-0.2, 0) is 16.8 Å². The van der Waals surface area contributed by atoms with Crippen molar-refractivity contribution in [3.63, 3.8) is 0 Å². The molecule has 0 spiro atoms. The van der Waals surface area contributed by atoms with Gasteiger partial charge in [0, 0.05) is 24.5 Å². The fourth-order valence-electron chi connectivity index (χ4n) is 3.10. The molecule has 3 aromatic rings. The van der Waals surface area contributed by atoms with Crippen LogP contribution in [0.2, 0.25) is 0 Å². The normalized spacial score (nSPS) is 15.8. The molecule has 0 bridgehead atoms. The third kappa shape index (κ3) is 1.84. The monoisotopic (exact) mass is 292 g/mol. The summed E-state index contributed by atoms with van der Waals surface area (Å²) in [5, 5.41) is 2.21. The van der Waals surface area contributed by atoms with Crippen molar-refractivity contribution in [2.45, 2.75) is 25.8 Å². The first-order chi connectivity index (χ1) is 10.6. The Labute approximate surface area is 128 Å². The number of hydrogen-bond donors (Lipinski definition) is 0. The van der Waals surface area contributed by atoms with E-state index in [0.29, 0.717) is 5.75 Å². The van der Waals surface area contributed by atoms with Gasteiger partial charge < -0.3 is 9.30 Å². The number of imidazole rings is 1. The van der Waals surface area contributed by atoms with Crippen LogP contribution in [0.4, 0.5) is 0 Å². The van der Waals surface area contributed by atoms with Crippen molar-refractivity contribution in [2.75, 3.05) is 0 Å². The summed E-state index contributed by atoms with van der Waals surface area (Å²) in [6, 6.07) is 10.3. The van der Waals surface area contributed by atoms with E-state index < -0.39 is 5.41 Å². The van der Waals surface area contributed by atoms with Crippen LogP contribution in [0.5, 0.6) is 5.75 Å². The molecule has 2 heterocycles. The number of aromatic nitrogens is 2. The molecule has 1 aromatic heterocycles. The number of carbonyl (C=O) groups is 1. The first-order valence-electron chi connectivity index (χ1n) is 7.30. The minimum Gasteiger partial charge on any atom is -0.426 e. The smallest absolute Gasteiger partial charge is 0.321 e. The van der Waals surface area contributed by atoms with Gasteiger partial charge in [-0.15, -0.1) is 0 Å². The maximum atomic E-state index is 12.1. The minimum atomic E-state index is -0.609. The highest BCUT2D eigenvalue weighted by atomic mass is 16.5. The van der Waals surface area contributed by atoms with Crippen LogP contribution >= 0.6 is 0 Å². The van der Waals surface area contributed by atoms with Crippen molar-refractivity contribution in [2.24, 2.45) is 0 Å². The van der Waals surface area contributed by atoms with Crippen LogP contribution < -0.4 is 4.74 Å². The van der Waals surface area contributed by atoms with Crippen LogP contribution in [0, 0.1) is 0 Å². The molecular weight excluding hydrogens is 276 g/mol. The number of esters is 1. The summed E-state index contributed by atoms with van der Waals surface area (Å²) >= 11 is 0. The van der Waals surface area contributed by atoms with E-state index >= 15 is 0 Å². The Kier molecular flexibility index (Phi) is 2.64. The van der Waals surface area contributed by atoms with Crippen LogP contribution in [0.1, 0.15) is 25.0 Å². The largest absolute Gasteiger partial charge is 0.426 e. The van der Waals surface area contributed by atoms with Crippen LogP contribution in [0.25, 0.3) is 10.8 Å². The van der Waals surface area contributed by atoms with Gasteiger partial charge in [-0.05, 0) is 42.3 Å². The zero-order chi connectivity index (χ0) is 15.3. The van der Waals surface area contributed by atoms with Crippen LogP contribution in [0.3, 0.4) is 0 Å². The maximum Gasteiger partial charge on any atom is 0.321 e. The molecule has 4 heteroatoms. The lowest BCUT2D eigenvalue weighted by atomic mass is 9.83. The molecular formula is C18H16N2O2. The Hall–Kier alpha value is -2.62. The van der Waals surface area contributed by atoms with Gasteiger partial charge >= 0.3 is 5.97 Å². The molecule has 0 amide bonds. The zero-order valence-electron chi connectivity index (χ0n) is 12.5. The Balaban J connectivity index is 1.89. The van der Waals surface area contributed by atoms with Gasteiger partial charge in [-0.2, -0.15) is 0 Å². The van der Waals surface area contributed by atoms with Crippen molar-refractivity contribution in [1.82, 2.24) is 9.55 Å². The number of rotatable bonds is 2. The zero-order valence-corrected chi connectivity index (χ0v) is 12.5. The standard InChI is InChI=1S/C18H16N2O2/c1-18(2)16-14-9-12(10-20-8-7-19-11-20)3-4-13(14)5-6-15(16)22-17(18)21/h3-9,11H,10H2,1-2H3. The predicted molar refractivity (Wildman–Crippen MR) is 83.9 cm³/mol. The summed E-state index contributed by atoms with van der Waals surface area (Å²) in [5.41, 5.74) is 1.55. The quantitative estimate of drug-likeness (QED) is 0.538. The van der Waals surface area contributed by atoms with E-state index in [9.17, 15) is 4.79 Å². The molecule has 0 saturated heterocycles. The molecule has 0 saturated carbocycles. The lowest BCUT2D eigenvalue weighted by Gasteiger charge is -2.16. The lowest BCUT2D eigenvalue weighted by Crippen LogP contribution is -2.26. The molecule has 0 radical (unpaired) electrons. The predicted octanol–water partition coefficient (Wildman–Crippen LogP) is 3.28. The number of fused-ring (bicyclic) bond motifs is 3. The Morgan fingerprint density at radius 1 is 1.23 bits per heavy atom. The van der Waals surface area contributed by atoms with Gasteiger partial charge in [0.05, 0.1) is 11.7 Å². The second kappa shape index (κ2) is 4.44. The molecule has 0 atom stereocenters. The molecule has 0 unspecified atom stereocenters. The number of ether oxygens (including phenoxy) is 1. The molecule has 110 valence electrons. The highest BCUT2D eigenvalue weighted by Crippen LogP contribution is 2.43. The van der Waals surface area contributed by atoms with E-state index in [1.54, 1.807) is 12.5 Å². The van der Waals surface area contributed by atoms with Crippen molar-refractivity contribution >= 4 is 16.7 Å². The van der Waals surface area contributed by atoms with Gasteiger partial charge in [-0.25, -0.2) is 4.98 Å². The third-order valence-electron chi connectivity index (χ3n) is 4.31. The first-order valence-corrected chi connectivity index (χ1v) is 7.30. The van der Waals surface area contributed by atoms with Gasteiger partial charge in [0.1, 0.15) is 5.75 Å². The second-order valence-corrected chi connectivity index (χ2v) is 6.24. The summed E-state index contributed by atoms with van der Waals surface area (Å²) in [6.45, 7) is 4.60. The fourth-order valence-corrected chi connectivity index (χ4v) is 3.10. The van der Waals surface area contributed by atoms with Crippen molar-refractivity contribution in [1.29, 1.82) is 0 Å². The molecule has 0 fully saturated rings. The number of benzene rings is 2. The van der Waals surface area contributed by atoms with E-state index in [4.69, 9.17) is 4.74 Å². The highest BCUT2D eigenvalue weighted by molar-refractivity contribution is 6.00. The summed E-state index contributed by atoms with van der Waals surface area (Å²) < 4.78 is 7.45. The lowest BCUT2D eigenvalue weighted by molar-refractivity contribution is -0.137. The number of nitrogens with zero attached hydrogens (tertiary/aromatic N) is 2. The van der Waals surface area contributed by atoms with Gasteiger partial charge in [0.25, 0.3) is 0 Å². The number of carbonyl (C=O) groups excluding carboxylic acids is 1. The number of hydrogen-bond acceptors (Lipinski definition) is 3. The highest BCUT2D eigenvalue weighted by Gasteiger charge is 2.42. The molecule has 1 aliphatic rings. The van der Waals surface area contributed by atoms with Crippen molar-refractivity contribution < 1.29 is 9.53 Å². The third-order valence-corrected chi connectivity index (χ3v) is 4.31. The van der Waals surface area contributed by atoms with E-state index in [1.165, 1.54) is 5.56 Å².